The number of hydrogen-bond acceptors (Lipinski definition) is 3. The van der Waals surface area contributed by atoms with Crippen molar-refractivity contribution in [3.63, 3.8) is 0 Å². The number of halogens is 1. The van der Waals surface area contributed by atoms with Crippen LogP contribution in [-0.4, -0.2) is 52.8 Å². The Balaban J connectivity index is 1.44. The monoisotopic (exact) mass is 371 g/mol. The Morgan fingerprint density at radius 2 is 1.69 bits per heavy atom. The third kappa shape index (κ3) is 5.05. The van der Waals surface area contributed by atoms with E-state index in [1.54, 1.807) is 6.20 Å². The van der Waals surface area contributed by atoms with Crippen molar-refractivity contribution in [1.82, 2.24) is 14.8 Å². The fourth-order valence-corrected chi connectivity index (χ4v) is 3.29. The number of carbonyl (C=O) groups excluding carboxylic acids is 2. The summed E-state index contributed by atoms with van der Waals surface area (Å²) in [6, 6.07) is 13.2. The Hall–Kier alpha value is -2.40. The first-order valence-electron chi connectivity index (χ1n) is 8.82. The van der Waals surface area contributed by atoms with E-state index < -0.39 is 0 Å². The van der Waals surface area contributed by atoms with Crippen LogP contribution >= 0.6 is 11.6 Å². The zero-order chi connectivity index (χ0) is 18.4. The van der Waals surface area contributed by atoms with Gasteiger partial charge in [-0.15, -0.1) is 0 Å². The fourth-order valence-electron chi connectivity index (χ4n) is 3.08. The third-order valence-electron chi connectivity index (χ3n) is 4.56. The SMILES string of the molecule is O=C(CCc1cccc(Cl)c1)N1CCN(C(=O)Cc2ccccn2)CC1. The van der Waals surface area contributed by atoms with E-state index in [0.29, 0.717) is 50.5 Å². The summed E-state index contributed by atoms with van der Waals surface area (Å²) >= 11 is 5.98. The number of rotatable bonds is 5. The van der Waals surface area contributed by atoms with Crippen LogP contribution in [-0.2, 0) is 22.4 Å². The Kier molecular flexibility index (Phi) is 6.23. The smallest absolute Gasteiger partial charge is 0.228 e. The van der Waals surface area contributed by atoms with Crippen LogP contribution in [0.25, 0.3) is 0 Å². The minimum Gasteiger partial charge on any atom is -0.339 e. The maximum Gasteiger partial charge on any atom is 0.228 e. The molecule has 1 aliphatic heterocycles. The second-order valence-corrected chi connectivity index (χ2v) is 6.83. The molecule has 0 atom stereocenters. The molecule has 0 spiro atoms. The highest BCUT2D eigenvalue weighted by molar-refractivity contribution is 6.30. The summed E-state index contributed by atoms with van der Waals surface area (Å²) in [7, 11) is 0. The van der Waals surface area contributed by atoms with Crippen LogP contribution in [0.15, 0.2) is 48.7 Å². The van der Waals surface area contributed by atoms with Crippen LogP contribution in [0.5, 0.6) is 0 Å². The summed E-state index contributed by atoms with van der Waals surface area (Å²) in [6.45, 7) is 2.33. The van der Waals surface area contributed by atoms with Gasteiger partial charge in [0.05, 0.1) is 6.42 Å². The largest absolute Gasteiger partial charge is 0.339 e. The molecule has 1 aromatic heterocycles. The molecule has 0 bridgehead atoms. The van der Waals surface area contributed by atoms with E-state index in [9.17, 15) is 9.59 Å². The summed E-state index contributed by atoms with van der Waals surface area (Å²) in [5.74, 6) is 0.191. The molecule has 2 heterocycles. The quantitative estimate of drug-likeness (QED) is 0.811. The summed E-state index contributed by atoms with van der Waals surface area (Å²) in [5, 5.41) is 0.690. The molecule has 26 heavy (non-hydrogen) atoms. The standard InChI is InChI=1S/C20H22ClN3O2/c21-17-5-3-4-16(14-17)7-8-19(25)23-10-12-24(13-11-23)20(26)15-18-6-1-2-9-22-18/h1-6,9,14H,7-8,10-13,15H2. The minimum absolute atomic E-state index is 0.0646. The lowest BCUT2D eigenvalue weighted by molar-refractivity contribution is -0.139. The summed E-state index contributed by atoms with van der Waals surface area (Å²) in [4.78, 5) is 32.6. The molecule has 6 heteroatoms. The lowest BCUT2D eigenvalue weighted by Crippen LogP contribution is -2.51. The van der Waals surface area contributed by atoms with E-state index in [4.69, 9.17) is 11.6 Å². The van der Waals surface area contributed by atoms with Crippen molar-refractivity contribution < 1.29 is 9.59 Å². The van der Waals surface area contributed by atoms with Gasteiger partial charge in [0.1, 0.15) is 0 Å². The molecule has 1 fully saturated rings. The molecule has 1 aromatic carbocycles. The van der Waals surface area contributed by atoms with Crippen LogP contribution < -0.4 is 0 Å². The van der Waals surface area contributed by atoms with E-state index >= 15 is 0 Å². The molecule has 0 N–H and O–H groups in total. The Morgan fingerprint density at radius 1 is 0.962 bits per heavy atom. The molecule has 1 aliphatic rings. The van der Waals surface area contributed by atoms with Gasteiger partial charge in [-0.2, -0.15) is 0 Å². The zero-order valence-corrected chi connectivity index (χ0v) is 15.4. The number of aromatic nitrogens is 1. The summed E-state index contributed by atoms with van der Waals surface area (Å²) in [5.41, 5.74) is 1.84. The van der Waals surface area contributed by atoms with Crippen LogP contribution in [0.1, 0.15) is 17.7 Å². The number of benzene rings is 1. The van der Waals surface area contributed by atoms with Gasteiger partial charge in [-0.25, -0.2) is 0 Å². The molecule has 3 rings (SSSR count). The highest BCUT2D eigenvalue weighted by Crippen LogP contribution is 2.13. The lowest BCUT2D eigenvalue weighted by atomic mass is 10.1. The topological polar surface area (TPSA) is 53.5 Å². The first-order valence-corrected chi connectivity index (χ1v) is 9.19. The molecule has 0 aliphatic carbocycles. The number of amides is 2. The maximum atomic E-state index is 12.4. The van der Waals surface area contributed by atoms with Crippen LogP contribution in [0.2, 0.25) is 5.02 Å². The fraction of sp³-hybridized carbons (Fsp3) is 0.350. The normalized spacial score (nSPS) is 14.3. The van der Waals surface area contributed by atoms with Crippen LogP contribution in [0.4, 0.5) is 0 Å². The highest BCUT2D eigenvalue weighted by Gasteiger charge is 2.24. The molecule has 0 radical (unpaired) electrons. The second-order valence-electron chi connectivity index (χ2n) is 6.39. The van der Waals surface area contributed by atoms with Gasteiger partial charge in [0.2, 0.25) is 11.8 Å². The first kappa shape index (κ1) is 18.4. The predicted octanol–water partition coefficient (Wildman–Crippen LogP) is 2.58. The molecule has 2 aromatic rings. The molecular weight excluding hydrogens is 350 g/mol. The Bertz CT molecular complexity index is 759. The average Bonchev–Trinajstić information content (AvgIpc) is 2.67. The van der Waals surface area contributed by atoms with Crippen molar-refractivity contribution in [1.29, 1.82) is 0 Å². The number of aryl methyl sites for hydroxylation is 1. The Labute approximate surface area is 158 Å². The molecule has 1 saturated heterocycles. The number of nitrogens with zero attached hydrogens (tertiary/aromatic N) is 3. The van der Waals surface area contributed by atoms with Gasteiger partial charge >= 0.3 is 0 Å². The minimum atomic E-state index is 0.0646. The van der Waals surface area contributed by atoms with Crippen LogP contribution in [0.3, 0.4) is 0 Å². The van der Waals surface area contributed by atoms with Crippen molar-refractivity contribution in [2.45, 2.75) is 19.3 Å². The highest BCUT2D eigenvalue weighted by atomic mass is 35.5. The molecule has 136 valence electrons. The predicted molar refractivity (Wildman–Crippen MR) is 101 cm³/mol. The van der Waals surface area contributed by atoms with Gasteiger partial charge in [-0.05, 0) is 36.2 Å². The molecule has 2 amide bonds. The second kappa shape index (κ2) is 8.81. The van der Waals surface area contributed by atoms with E-state index in [1.807, 2.05) is 52.3 Å². The number of hydrogen-bond donors (Lipinski definition) is 0. The van der Waals surface area contributed by atoms with E-state index in [2.05, 4.69) is 4.98 Å². The van der Waals surface area contributed by atoms with Gasteiger partial charge in [-0.3, -0.25) is 14.6 Å². The number of piperazine rings is 1. The molecule has 0 unspecified atom stereocenters. The molecule has 0 saturated carbocycles. The van der Waals surface area contributed by atoms with Crippen molar-refractivity contribution in [2.75, 3.05) is 26.2 Å². The number of pyridine rings is 1. The van der Waals surface area contributed by atoms with Crippen LogP contribution in [0, 0.1) is 0 Å². The van der Waals surface area contributed by atoms with Gasteiger partial charge < -0.3 is 9.80 Å². The van der Waals surface area contributed by atoms with Gasteiger partial charge in [0.15, 0.2) is 0 Å². The number of carbonyl (C=O) groups is 2. The summed E-state index contributed by atoms with van der Waals surface area (Å²) in [6.07, 6.45) is 3.14. The van der Waals surface area contributed by atoms with Gasteiger partial charge in [-0.1, -0.05) is 29.8 Å². The summed E-state index contributed by atoms with van der Waals surface area (Å²) < 4.78 is 0. The van der Waals surface area contributed by atoms with Crippen molar-refractivity contribution in [3.8, 4) is 0 Å². The van der Waals surface area contributed by atoms with E-state index in [0.717, 1.165) is 11.3 Å². The molecular formula is C20H22ClN3O2. The van der Waals surface area contributed by atoms with E-state index in [1.165, 1.54) is 0 Å². The van der Waals surface area contributed by atoms with E-state index in [-0.39, 0.29) is 11.8 Å². The third-order valence-corrected chi connectivity index (χ3v) is 4.80. The first-order chi connectivity index (χ1) is 12.6. The lowest BCUT2D eigenvalue weighted by Gasteiger charge is -2.35. The zero-order valence-electron chi connectivity index (χ0n) is 14.6. The Morgan fingerprint density at radius 3 is 2.35 bits per heavy atom. The average molecular weight is 372 g/mol. The van der Waals surface area contributed by atoms with Crippen molar-refractivity contribution in [2.24, 2.45) is 0 Å². The van der Waals surface area contributed by atoms with Gasteiger partial charge in [0, 0.05) is 49.5 Å². The van der Waals surface area contributed by atoms with Gasteiger partial charge in [0.25, 0.3) is 0 Å². The van der Waals surface area contributed by atoms with Crippen molar-refractivity contribution in [3.05, 3.63) is 64.9 Å². The van der Waals surface area contributed by atoms with Crippen molar-refractivity contribution >= 4 is 23.4 Å². The maximum absolute atomic E-state index is 12.4. The molecule has 5 nitrogen and oxygen atoms in total.